The summed E-state index contributed by atoms with van der Waals surface area (Å²) in [5, 5.41) is 1.95. The van der Waals surface area contributed by atoms with Gasteiger partial charge in [0.1, 0.15) is 22.3 Å². The number of rotatable bonds is 3. The fraction of sp³-hybridized carbons (Fsp3) is 0.417. The molecule has 0 unspecified atom stereocenters. The predicted molar refractivity (Wildman–Crippen MR) is 69.1 cm³/mol. The lowest BCUT2D eigenvalue weighted by molar-refractivity contribution is 0.453. The van der Waals surface area contributed by atoms with E-state index in [2.05, 4.69) is 15.0 Å². The first-order valence-corrected chi connectivity index (χ1v) is 6.97. The first kappa shape index (κ1) is 12.0. The Balaban J connectivity index is 1.94. The topological polar surface area (TPSA) is 51.8 Å². The van der Waals surface area contributed by atoms with Crippen LogP contribution >= 0.6 is 23.4 Å². The molecule has 0 bridgehead atoms. The number of hydrogen-bond donors (Lipinski definition) is 0. The van der Waals surface area contributed by atoms with Gasteiger partial charge in [0.05, 0.1) is 5.69 Å². The smallest absolute Gasteiger partial charge is 0.262 e. The van der Waals surface area contributed by atoms with Crippen molar-refractivity contribution in [2.24, 2.45) is 0 Å². The molecule has 0 radical (unpaired) electrons. The standard InChI is InChI=1S/C12H12ClN3OS/c1-6-5-17-12(14-6)18-11-7(2)9(13)15-10(16-11)8-3-4-8/h5,8H,3-4H2,1-2H3. The van der Waals surface area contributed by atoms with Crippen molar-refractivity contribution < 1.29 is 4.42 Å². The van der Waals surface area contributed by atoms with Crippen LogP contribution < -0.4 is 0 Å². The van der Waals surface area contributed by atoms with Gasteiger partial charge in [-0.3, -0.25) is 0 Å². The van der Waals surface area contributed by atoms with Crippen molar-refractivity contribution in [3.05, 3.63) is 28.5 Å². The third-order valence-corrected chi connectivity index (χ3v) is 4.10. The highest BCUT2D eigenvalue weighted by molar-refractivity contribution is 7.99. The van der Waals surface area contributed by atoms with Crippen molar-refractivity contribution in [2.75, 3.05) is 0 Å². The Kier molecular flexibility index (Phi) is 3.03. The monoisotopic (exact) mass is 281 g/mol. The maximum absolute atomic E-state index is 6.15. The normalized spacial score (nSPS) is 15.1. The Morgan fingerprint density at radius 2 is 2.06 bits per heavy atom. The summed E-state index contributed by atoms with van der Waals surface area (Å²) in [6, 6.07) is 0. The lowest BCUT2D eigenvalue weighted by Crippen LogP contribution is -1.98. The second kappa shape index (κ2) is 4.55. The Hall–Kier alpha value is -1.07. The molecule has 2 aromatic heterocycles. The second-order valence-corrected chi connectivity index (χ2v) is 5.73. The Labute approximate surface area is 114 Å². The van der Waals surface area contributed by atoms with E-state index < -0.39 is 0 Å². The van der Waals surface area contributed by atoms with Crippen LogP contribution in [-0.4, -0.2) is 15.0 Å². The lowest BCUT2D eigenvalue weighted by atomic mass is 10.3. The van der Waals surface area contributed by atoms with Gasteiger partial charge in [-0.25, -0.2) is 15.0 Å². The van der Waals surface area contributed by atoms with E-state index in [9.17, 15) is 0 Å². The molecule has 2 aromatic rings. The Morgan fingerprint density at radius 1 is 1.28 bits per heavy atom. The highest BCUT2D eigenvalue weighted by atomic mass is 35.5. The zero-order chi connectivity index (χ0) is 12.7. The molecule has 0 saturated heterocycles. The average Bonchev–Trinajstić information content (AvgIpc) is 3.10. The molecule has 4 nitrogen and oxygen atoms in total. The molecule has 0 spiro atoms. The molecule has 3 rings (SSSR count). The van der Waals surface area contributed by atoms with Crippen LogP contribution in [0.2, 0.25) is 5.15 Å². The van der Waals surface area contributed by atoms with Crippen molar-refractivity contribution in [2.45, 2.75) is 42.9 Å². The maximum Gasteiger partial charge on any atom is 0.262 e. The first-order valence-electron chi connectivity index (χ1n) is 5.77. The van der Waals surface area contributed by atoms with Gasteiger partial charge in [0.15, 0.2) is 0 Å². The molecule has 1 saturated carbocycles. The fourth-order valence-electron chi connectivity index (χ4n) is 1.57. The highest BCUT2D eigenvalue weighted by Gasteiger charge is 2.28. The van der Waals surface area contributed by atoms with E-state index in [0.29, 0.717) is 16.3 Å². The summed E-state index contributed by atoms with van der Waals surface area (Å²) in [6.45, 7) is 3.81. The molecule has 94 valence electrons. The van der Waals surface area contributed by atoms with Gasteiger partial charge in [-0.15, -0.1) is 0 Å². The van der Waals surface area contributed by atoms with Gasteiger partial charge in [0, 0.05) is 11.5 Å². The fourth-order valence-corrected chi connectivity index (χ4v) is 2.64. The molecular weight excluding hydrogens is 270 g/mol. The number of halogens is 1. The van der Waals surface area contributed by atoms with E-state index in [4.69, 9.17) is 16.0 Å². The molecule has 1 aliphatic rings. The minimum absolute atomic E-state index is 0.480. The molecule has 0 atom stereocenters. The van der Waals surface area contributed by atoms with Crippen LogP contribution in [0, 0.1) is 13.8 Å². The lowest BCUT2D eigenvalue weighted by Gasteiger charge is -2.06. The second-order valence-electron chi connectivity index (χ2n) is 4.43. The number of nitrogens with zero attached hydrogens (tertiary/aromatic N) is 3. The summed E-state index contributed by atoms with van der Waals surface area (Å²) in [5.41, 5.74) is 1.74. The molecule has 0 N–H and O–H groups in total. The van der Waals surface area contributed by atoms with Crippen LogP contribution in [0.5, 0.6) is 0 Å². The number of aromatic nitrogens is 3. The number of oxazole rings is 1. The number of aryl methyl sites for hydroxylation is 1. The highest BCUT2D eigenvalue weighted by Crippen LogP contribution is 2.40. The molecule has 18 heavy (non-hydrogen) atoms. The Morgan fingerprint density at radius 3 is 2.67 bits per heavy atom. The molecule has 0 amide bonds. The van der Waals surface area contributed by atoms with E-state index in [1.165, 1.54) is 11.8 Å². The largest absolute Gasteiger partial charge is 0.439 e. The van der Waals surface area contributed by atoms with Gasteiger partial charge in [0.2, 0.25) is 0 Å². The maximum atomic E-state index is 6.15. The van der Waals surface area contributed by atoms with E-state index in [-0.39, 0.29) is 0 Å². The summed E-state index contributed by atoms with van der Waals surface area (Å²) in [7, 11) is 0. The van der Waals surface area contributed by atoms with Gasteiger partial charge < -0.3 is 4.42 Å². The Bertz CT molecular complexity index is 595. The third kappa shape index (κ3) is 2.37. The van der Waals surface area contributed by atoms with Crippen molar-refractivity contribution in [3.8, 4) is 0 Å². The summed E-state index contributed by atoms with van der Waals surface area (Å²) < 4.78 is 5.33. The molecule has 2 heterocycles. The molecule has 1 aliphatic carbocycles. The van der Waals surface area contributed by atoms with Crippen LogP contribution in [-0.2, 0) is 0 Å². The summed E-state index contributed by atoms with van der Waals surface area (Å²) in [4.78, 5) is 13.2. The molecular formula is C12H12ClN3OS. The van der Waals surface area contributed by atoms with Crippen LogP contribution in [0.3, 0.4) is 0 Å². The van der Waals surface area contributed by atoms with E-state index in [1.54, 1.807) is 6.26 Å². The van der Waals surface area contributed by atoms with Gasteiger partial charge in [-0.05, 0) is 38.5 Å². The quantitative estimate of drug-likeness (QED) is 0.802. The predicted octanol–water partition coefficient (Wildman–Crippen LogP) is 3.76. The van der Waals surface area contributed by atoms with Crippen LogP contribution in [0.15, 0.2) is 20.9 Å². The first-order chi connectivity index (χ1) is 8.63. The average molecular weight is 282 g/mol. The van der Waals surface area contributed by atoms with E-state index in [1.807, 2.05) is 13.8 Å². The minimum Gasteiger partial charge on any atom is -0.439 e. The van der Waals surface area contributed by atoms with Crippen molar-refractivity contribution >= 4 is 23.4 Å². The van der Waals surface area contributed by atoms with Gasteiger partial charge in [-0.1, -0.05) is 11.6 Å². The van der Waals surface area contributed by atoms with Crippen LogP contribution in [0.1, 0.15) is 35.8 Å². The third-order valence-electron chi connectivity index (χ3n) is 2.78. The summed E-state index contributed by atoms with van der Waals surface area (Å²) >= 11 is 7.54. The summed E-state index contributed by atoms with van der Waals surface area (Å²) in [6.07, 6.45) is 3.94. The van der Waals surface area contributed by atoms with E-state index >= 15 is 0 Å². The molecule has 1 fully saturated rings. The van der Waals surface area contributed by atoms with Crippen LogP contribution in [0.4, 0.5) is 0 Å². The van der Waals surface area contributed by atoms with Gasteiger partial charge >= 0.3 is 0 Å². The van der Waals surface area contributed by atoms with Gasteiger partial charge in [0.25, 0.3) is 5.22 Å². The van der Waals surface area contributed by atoms with Crippen molar-refractivity contribution in [1.29, 1.82) is 0 Å². The zero-order valence-electron chi connectivity index (χ0n) is 10.1. The zero-order valence-corrected chi connectivity index (χ0v) is 11.7. The van der Waals surface area contributed by atoms with Crippen LogP contribution in [0.25, 0.3) is 0 Å². The molecule has 0 aromatic carbocycles. The van der Waals surface area contributed by atoms with E-state index in [0.717, 1.165) is 34.9 Å². The molecule has 0 aliphatic heterocycles. The summed E-state index contributed by atoms with van der Waals surface area (Å²) in [5.74, 6) is 1.32. The number of hydrogen-bond acceptors (Lipinski definition) is 5. The van der Waals surface area contributed by atoms with Gasteiger partial charge in [-0.2, -0.15) is 0 Å². The molecule has 6 heteroatoms. The van der Waals surface area contributed by atoms with Crippen molar-refractivity contribution in [1.82, 2.24) is 15.0 Å². The SMILES string of the molecule is Cc1coc(Sc2nc(C3CC3)nc(Cl)c2C)n1. The van der Waals surface area contributed by atoms with Crippen molar-refractivity contribution in [3.63, 3.8) is 0 Å². The minimum atomic E-state index is 0.480.